The lowest BCUT2D eigenvalue weighted by atomic mass is 9.95. The van der Waals surface area contributed by atoms with Crippen LogP contribution in [0.4, 0.5) is 0 Å². The molecule has 1 aliphatic heterocycles. The van der Waals surface area contributed by atoms with Gasteiger partial charge in [-0.05, 0) is 18.8 Å². The maximum atomic E-state index is 5.23. The van der Waals surface area contributed by atoms with Crippen molar-refractivity contribution < 1.29 is 4.74 Å². The Hall–Kier alpha value is -0.0400. The fourth-order valence-electron chi connectivity index (χ4n) is 1.32. The summed E-state index contributed by atoms with van der Waals surface area (Å²) < 4.78 is 5.23. The summed E-state index contributed by atoms with van der Waals surface area (Å²) in [6.45, 7) is 5.79. The molecule has 53 valence electrons. The van der Waals surface area contributed by atoms with Gasteiger partial charge in [0.1, 0.15) is 0 Å². The monoisotopic (exact) mass is 127 g/mol. The van der Waals surface area contributed by atoms with Gasteiger partial charge in [0.15, 0.2) is 0 Å². The van der Waals surface area contributed by atoms with E-state index in [4.69, 9.17) is 4.74 Å². The van der Waals surface area contributed by atoms with Crippen molar-refractivity contribution in [2.24, 2.45) is 5.92 Å². The minimum atomic E-state index is 0.913. The fourth-order valence-corrected chi connectivity index (χ4v) is 1.32. The van der Waals surface area contributed by atoms with Gasteiger partial charge in [-0.1, -0.05) is 19.8 Å². The van der Waals surface area contributed by atoms with E-state index in [0.717, 1.165) is 25.6 Å². The molecule has 1 nitrogen and oxygen atoms in total. The molecule has 0 spiro atoms. The van der Waals surface area contributed by atoms with Gasteiger partial charge in [-0.3, -0.25) is 0 Å². The summed E-state index contributed by atoms with van der Waals surface area (Å²) >= 11 is 0. The molecule has 0 unspecified atom stereocenters. The Morgan fingerprint density at radius 3 is 2.56 bits per heavy atom. The zero-order valence-electron chi connectivity index (χ0n) is 5.94. The van der Waals surface area contributed by atoms with E-state index in [1.165, 1.54) is 19.3 Å². The third-order valence-corrected chi connectivity index (χ3v) is 1.95. The first-order valence-electron chi connectivity index (χ1n) is 3.80. The van der Waals surface area contributed by atoms with Crippen LogP contribution in [0, 0.1) is 12.8 Å². The Kier molecular flexibility index (Phi) is 3.05. The highest BCUT2D eigenvalue weighted by Gasteiger charge is 2.11. The minimum Gasteiger partial charge on any atom is -0.381 e. The van der Waals surface area contributed by atoms with Crippen molar-refractivity contribution in [3.05, 3.63) is 6.92 Å². The molecule has 1 aliphatic rings. The third kappa shape index (κ3) is 2.35. The molecule has 0 aromatic heterocycles. The molecule has 0 atom stereocenters. The molecule has 0 saturated carbocycles. The molecule has 0 amide bonds. The van der Waals surface area contributed by atoms with Crippen molar-refractivity contribution in [2.45, 2.75) is 25.7 Å². The molecule has 0 aromatic rings. The number of hydrogen-bond donors (Lipinski definition) is 0. The van der Waals surface area contributed by atoms with E-state index in [9.17, 15) is 0 Å². The Morgan fingerprint density at radius 2 is 2.00 bits per heavy atom. The second-order valence-corrected chi connectivity index (χ2v) is 2.70. The quantitative estimate of drug-likeness (QED) is 0.551. The molecule has 1 heteroatoms. The van der Waals surface area contributed by atoms with Crippen molar-refractivity contribution in [3.63, 3.8) is 0 Å². The van der Waals surface area contributed by atoms with Gasteiger partial charge >= 0.3 is 0 Å². The lowest BCUT2D eigenvalue weighted by Gasteiger charge is -2.20. The lowest BCUT2D eigenvalue weighted by molar-refractivity contribution is 0.0642. The first-order chi connectivity index (χ1) is 4.43. The van der Waals surface area contributed by atoms with Crippen LogP contribution >= 0.6 is 0 Å². The summed E-state index contributed by atoms with van der Waals surface area (Å²) in [5.74, 6) is 0.913. The van der Waals surface area contributed by atoms with E-state index in [2.05, 4.69) is 6.92 Å². The fraction of sp³-hybridized carbons (Fsp3) is 0.875. The largest absolute Gasteiger partial charge is 0.381 e. The summed E-state index contributed by atoms with van der Waals surface area (Å²) in [6.07, 6.45) is 4.90. The average molecular weight is 127 g/mol. The molecule has 1 rings (SSSR count). The Bertz CT molecular complexity index is 62.2. The highest BCUT2D eigenvalue weighted by molar-refractivity contribution is 4.63. The Labute approximate surface area is 57.4 Å². The first kappa shape index (κ1) is 7.07. The standard InChI is InChI=1S/C8H15O/c1-2-3-8-4-6-9-7-5-8/h8H,1-7H2. The van der Waals surface area contributed by atoms with Crippen LogP contribution in [0.2, 0.25) is 0 Å². The molecule has 1 heterocycles. The maximum absolute atomic E-state index is 5.23. The van der Waals surface area contributed by atoms with Crippen LogP contribution in [0.15, 0.2) is 0 Å². The van der Waals surface area contributed by atoms with Crippen LogP contribution in [0.25, 0.3) is 0 Å². The van der Waals surface area contributed by atoms with Gasteiger partial charge in [-0.2, -0.15) is 0 Å². The van der Waals surface area contributed by atoms with Crippen molar-refractivity contribution in [3.8, 4) is 0 Å². The summed E-state index contributed by atoms with van der Waals surface area (Å²) in [5.41, 5.74) is 0. The van der Waals surface area contributed by atoms with E-state index < -0.39 is 0 Å². The molecule has 0 aromatic carbocycles. The topological polar surface area (TPSA) is 9.23 Å². The van der Waals surface area contributed by atoms with Gasteiger partial charge in [0.05, 0.1) is 0 Å². The smallest absolute Gasteiger partial charge is 0.0468 e. The van der Waals surface area contributed by atoms with Crippen molar-refractivity contribution in [1.29, 1.82) is 0 Å². The van der Waals surface area contributed by atoms with Gasteiger partial charge in [0.2, 0.25) is 0 Å². The van der Waals surface area contributed by atoms with Crippen molar-refractivity contribution >= 4 is 0 Å². The molecule has 1 saturated heterocycles. The number of rotatable bonds is 2. The first-order valence-corrected chi connectivity index (χ1v) is 3.80. The van der Waals surface area contributed by atoms with Crippen molar-refractivity contribution in [1.82, 2.24) is 0 Å². The van der Waals surface area contributed by atoms with Crippen LogP contribution in [-0.2, 0) is 4.74 Å². The Balaban J connectivity index is 2.08. The molecule has 9 heavy (non-hydrogen) atoms. The predicted octanol–water partition coefficient (Wildman–Crippen LogP) is 2.03. The third-order valence-electron chi connectivity index (χ3n) is 1.95. The van der Waals surface area contributed by atoms with Crippen LogP contribution in [0.1, 0.15) is 25.7 Å². The highest BCUT2D eigenvalue weighted by Crippen LogP contribution is 2.18. The van der Waals surface area contributed by atoms with Crippen LogP contribution in [0.3, 0.4) is 0 Å². The number of ether oxygens (including phenoxy) is 1. The minimum absolute atomic E-state index is 0.913. The van der Waals surface area contributed by atoms with Crippen molar-refractivity contribution in [2.75, 3.05) is 13.2 Å². The van der Waals surface area contributed by atoms with Gasteiger partial charge in [-0.25, -0.2) is 0 Å². The van der Waals surface area contributed by atoms with E-state index in [1.54, 1.807) is 0 Å². The van der Waals surface area contributed by atoms with Crippen LogP contribution in [-0.4, -0.2) is 13.2 Å². The summed E-state index contributed by atoms with van der Waals surface area (Å²) in [5, 5.41) is 0. The van der Waals surface area contributed by atoms with Gasteiger partial charge in [-0.15, -0.1) is 0 Å². The Morgan fingerprint density at radius 1 is 1.33 bits per heavy atom. The van der Waals surface area contributed by atoms with Crippen LogP contribution < -0.4 is 0 Å². The molecule has 0 N–H and O–H groups in total. The SMILES string of the molecule is [CH2]CCC1CCOCC1. The van der Waals surface area contributed by atoms with E-state index in [0.29, 0.717) is 0 Å². The lowest BCUT2D eigenvalue weighted by Crippen LogP contribution is -2.15. The van der Waals surface area contributed by atoms with E-state index in [1.807, 2.05) is 0 Å². The van der Waals surface area contributed by atoms with Gasteiger partial charge in [0, 0.05) is 13.2 Å². The molecular formula is C8H15O. The van der Waals surface area contributed by atoms with E-state index in [-0.39, 0.29) is 0 Å². The van der Waals surface area contributed by atoms with E-state index >= 15 is 0 Å². The summed E-state index contributed by atoms with van der Waals surface area (Å²) in [6, 6.07) is 0. The highest BCUT2D eigenvalue weighted by atomic mass is 16.5. The van der Waals surface area contributed by atoms with Gasteiger partial charge < -0.3 is 4.74 Å². The number of hydrogen-bond acceptors (Lipinski definition) is 1. The average Bonchev–Trinajstić information content (AvgIpc) is 1.91. The zero-order chi connectivity index (χ0) is 6.53. The molecule has 0 aliphatic carbocycles. The molecule has 1 fully saturated rings. The summed E-state index contributed by atoms with van der Waals surface area (Å²) in [7, 11) is 0. The zero-order valence-corrected chi connectivity index (χ0v) is 5.94. The second-order valence-electron chi connectivity index (χ2n) is 2.70. The molecular weight excluding hydrogens is 112 g/mol. The maximum Gasteiger partial charge on any atom is 0.0468 e. The van der Waals surface area contributed by atoms with Gasteiger partial charge in [0.25, 0.3) is 0 Å². The second kappa shape index (κ2) is 3.89. The predicted molar refractivity (Wildman–Crippen MR) is 38.1 cm³/mol. The molecule has 0 bridgehead atoms. The summed E-state index contributed by atoms with van der Waals surface area (Å²) in [4.78, 5) is 0. The van der Waals surface area contributed by atoms with Crippen LogP contribution in [0.5, 0.6) is 0 Å². The normalized spacial score (nSPS) is 22.3. The molecule has 1 radical (unpaired) electrons.